The Bertz CT molecular complexity index is 298. The van der Waals surface area contributed by atoms with Crippen molar-refractivity contribution in [1.29, 1.82) is 0 Å². The van der Waals surface area contributed by atoms with E-state index < -0.39 is 0 Å². The molecule has 1 aromatic carbocycles. The Hall–Kier alpha value is -1.06. The highest BCUT2D eigenvalue weighted by atomic mass is 16.5. The SMILES string of the molecule is CCC(C)OCCOc1ccc(CCN)cc1. The third-order valence-electron chi connectivity index (χ3n) is 2.69. The molecule has 0 bridgehead atoms. The van der Waals surface area contributed by atoms with Gasteiger partial charge in [0.15, 0.2) is 0 Å². The lowest BCUT2D eigenvalue weighted by atomic mass is 10.1. The van der Waals surface area contributed by atoms with Gasteiger partial charge in [0.05, 0.1) is 12.7 Å². The molecule has 0 radical (unpaired) electrons. The summed E-state index contributed by atoms with van der Waals surface area (Å²) < 4.78 is 11.1. The van der Waals surface area contributed by atoms with Crippen molar-refractivity contribution >= 4 is 0 Å². The van der Waals surface area contributed by atoms with Gasteiger partial charge in [0.25, 0.3) is 0 Å². The Kier molecular flexibility index (Phi) is 6.67. The summed E-state index contributed by atoms with van der Waals surface area (Å²) in [6, 6.07) is 8.07. The van der Waals surface area contributed by atoms with E-state index in [4.69, 9.17) is 15.2 Å². The Balaban J connectivity index is 2.23. The first-order chi connectivity index (χ1) is 8.26. The summed E-state index contributed by atoms with van der Waals surface area (Å²) in [5.74, 6) is 0.888. The molecule has 0 aliphatic heterocycles. The van der Waals surface area contributed by atoms with Crippen molar-refractivity contribution in [2.75, 3.05) is 19.8 Å². The van der Waals surface area contributed by atoms with Crippen molar-refractivity contribution in [3.05, 3.63) is 29.8 Å². The normalized spacial score (nSPS) is 12.4. The van der Waals surface area contributed by atoms with Crippen LogP contribution in [0.2, 0.25) is 0 Å². The molecule has 96 valence electrons. The quantitative estimate of drug-likeness (QED) is 0.706. The van der Waals surface area contributed by atoms with Gasteiger partial charge in [-0.2, -0.15) is 0 Å². The van der Waals surface area contributed by atoms with Gasteiger partial charge in [-0.05, 0) is 44.0 Å². The van der Waals surface area contributed by atoms with E-state index in [1.54, 1.807) is 0 Å². The Morgan fingerprint density at radius 1 is 1.18 bits per heavy atom. The molecular weight excluding hydrogens is 214 g/mol. The maximum Gasteiger partial charge on any atom is 0.119 e. The summed E-state index contributed by atoms with van der Waals surface area (Å²) in [6.07, 6.45) is 2.26. The molecule has 0 aliphatic rings. The van der Waals surface area contributed by atoms with Crippen LogP contribution in [0.5, 0.6) is 5.75 Å². The zero-order valence-corrected chi connectivity index (χ0v) is 10.8. The van der Waals surface area contributed by atoms with E-state index in [2.05, 4.69) is 26.0 Å². The Labute approximate surface area is 104 Å². The number of hydrogen-bond donors (Lipinski definition) is 1. The maximum atomic E-state index is 5.58. The molecule has 2 N–H and O–H groups in total. The molecule has 0 saturated heterocycles. The molecule has 0 heterocycles. The largest absolute Gasteiger partial charge is 0.491 e. The van der Waals surface area contributed by atoms with Gasteiger partial charge in [0, 0.05) is 0 Å². The number of rotatable bonds is 8. The molecule has 0 amide bonds. The molecule has 17 heavy (non-hydrogen) atoms. The Morgan fingerprint density at radius 2 is 1.88 bits per heavy atom. The highest BCUT2D eigenvalue weighted by Crippen LogP contribution is 2.12. The molecular formula is C14H23NO2. The van der Waals surface area contributed by atoms with Crippen LogP contribution in [-0.2, 0) is 11.2 Å². The highest BCUT2D eigenvalue weighted by molar-refractivity contribution is 5.27. The van der Waals surface area contributed by atoms with Crippen LogP contribution in [0, 0.1) is 0 Å². The third kappa shape index (κ3) is 5.71. The van der Waals surface area contributed by atoms with Gasteiger partial charge in [-0.1, -0.05) is 19.1 Å². The minimum Gasteiger partial charge on any atom is -0.491 e. The van der Waals surface area contributed by atoms with E-state index in [0.29, 0.717) is 25.9 Å². The van der Waals surface area contributed by atoms with E-state index >= 15 is 0 Å². The summed E-state index contributed by atoms with van der Waals surface area (Å²) in [4.78, 5) is 0. The highest BCUT2D eigenvalue weighted by Gasteiger charge is 1.99. The summed E-state index contributed by atoms with van der Waals surface area (Å²) >= 11 is 0. The lowest BCUT2D eigenvalue weighted by Gasteiger charge is -2.11. The number of benzene rings is 1. The van der Waals surface area contributed by atoms with Crippen molar-refractivity contribution in [3.63, 3.8) is 0 Å². The molecule has 1 rings (SSSR count). The number of nitrogens with two attached hydrogens (primary N) is 1. The fraction of sp³-hybridized carbons (Fsp3) is 0.571. The topological polar surface area (TPSA) is 44.5 Å². The average molecular weight is 237 g/mol. The van der Waals surface area contributed by atoms with Crippen LogP contribution in [0.25, 0.3) is 0 Å². The van der Waals surface area contributed by atoms with Crippen LogP contribution in [0.1, 0.15) is 25.8 Å². The van der Waals surface area contributed by atoms with Gasteiger partial charge >= 0.3 is 0 Å². The van der Waals surface area contributed by atoms with Crippen LogP contribution in [0.15, 0.2) is 24.3 Å². The zero-order chi connectivity index (χ0) is 12.5. The smallest absolute Gasteiger partial charge is 0.119 e. The second-order valence-corrected chi connectivity index (χ2v) is 4.12. The second-order valence-electron chi connectivity index (χ2n) is 4.12. The molecule has 1 atom stereocenters. The van der Waals surface area contributed by atoms with Gasteiger partial charge in [-0.25, -0.2) is 0 Å². The molecule has 0 aliphatic carbocycles. The predicted octanol–water partition coefficient (Wildman–Crippen LogP) is 2.38. The summed E-state index contributed by atoms with van der Waals surface area (Å²) in [6.45, 7) is 6.10. The lowest BCUT2D eigenvalue weighted by Crippen LogP contribution is -2.13. The summed E-state index contributed by atoms with van der Waals surface area (Å²) in [5.41, 5.74) is 6.74. The van der Waals surface area contributed by atoms with Crippen LogP contribution >= 0.6 is 0 Å². The van der Waals surface area contributed by atoms with E-state index in [0.717, 1.165) is 18.6 Å². The van der Waals surface area contributed by atoms with Crippen LogP contribution in [-0.4, -0.2) is 25.9 Å². The van der Waals surface area contributed by atoms with Crippen molar-refractivity contribution in [3.8, 4) is 5.75 Å². The average Bonchev–Trinajstić information content (AvgIpc) is 2.36. The van der Waals surface area contributed by atoms with Crippen LogP contribution in [0.4, 0.5) is 0 Å². The van der Waals surface area contributed by atoms with Crippen LogP contribution < -0.4 is 10.5 Å². The van der Waals surface area contributed by atoms with Crippen LogP contribution in [0.3, 0.4) is 0 Å². The zero-order valence-electron chi connectivity index (χ0n) is 10.8. The predicted molar refractivity (Wildman–Crippen MR) is 70.4 cm³/mol. The van der Waals surface area contributed by atoms with Crippen molar-refractivity contribution in [2.45, 2.75) is 32.8 Å². The molecule has 3 heteroatoms. The summed E-state index contributed by atoms with van der Waals surface area (Å²) in [7, 11) is 0. The van der Waals surface area contributed by atoms with Crippen molar-refractivity contribution in [2.24, 2.45) is 5.73 Å². The molecule has 0 aromatic heterocycles. The van der Waals surface area contributed by atoms with E-state index in [1.165, 1.54) is 5.56 Å². The van der Waals surface area contributed by atoms with E-state index in [-0.39, 0.29) is 0 Å². The molecule has 0 spiro atoms. The Morgan fingerprint density at radius 3 is 2.47 bits per heavy atom. The van der Waals surface area contributed by atoms with Crippen molar-refractivity contribution < 1.29 is 9.47 Å². The first kappa shape index (κ1) is 14.0. The molecule has 1 aromatic rings. The summed E-state index contributed by atoms with van der Waals surface area (Å²) in [5, 5.41) is 0. The second kappa shape index (κ2) is 8.09. The molecule has 1 unspecified atom stereocenters. The van der Waals surface area contributed by atoms with Gasteiger partial charge < -0.3 is 15.2 Å². The van der Waals surface area contributed by atoms with E-state index in [9.17, 15) is 0 Å². The molecule has 0 fully saturated rings. The van der Waals surface area contributed by atoms with E-state index in [1.807, 2.05) is 12.1 Å². The first-order valence-corrected chi connectivity index (χ1v) is 6.29. The fourth-order valence-corrected chi connectivity index (χ4v) is 1.45. The van der Waals surface area contributed by atoms with Gasteiger partial charge in [0.2, 0.25) is 0 Å². The first-order valence-electron chi connectivity index (χ1n) is 6.29. The monoisotopic (exact) mass is 237 g/mol. The number of hydrogen-bond acceptors (Lipinski definition) is 3. The van der Waals surface area contributed by atoms with Gasteiger partial charge in [0.1, 0.15) is 12.4 Å². The van der Waals surface area contributed by atoms with Crippen molar-refractivity contribution in [1.82, 2.24) is 0 Å². The van der Waals surface area contributed by atoms with Gasteiger partial charge in [-0.15, -0.1) is 0 Å². The minimum absolute atomic E-state index is 0.311. The van der Waals surface area contributed by atoms with Gasteiger partial charge in [-0.3, -0.25) is 0 Å². The fourth-order valence-electron chi connectivity index (χ4n) is 1.45. The molecule has 0 saturated carbocycles. The maximum absolute atomic E-state index is 5.58. The lowest BCUT2D eigenvalue weighted by molar-refractivity contribution is 0.0427. The molecule has 3 nitrogen and oxygen atoms in total. The minimum atomic E-state index is 0.311. The third-order valence-corrected chi connectivity index (χ3v) is 2.69. The number of ether oxygens (including phenoxy) is 2. The standard InChI is InChI=1S/C14H23NO2/c1-3-12(2)16-10-11-17-14-6-4-13(5-7-14)8-9-15/h4-7,12H,3,8-11,15H2,1-2H3.